The number of carbonyl (C=O) groups excluding carboxylic acids is 1. The maximum Gasteiger partial charge on any atom is 0.308 e. The van der Waals surface area contributed by atoms with Crippen molar-refractivity contribution in [2.45, 2.75) is 25.8 Å². The van der Waals surface area contributed by atoms with E-state index in [0.717, 1.165) is 0 Å². The second-order valence-corrected chi connectivity index (χ2v) is 4.81. The number of amides is 1. The number of likely N-dealkylation sites (tertiary alicyclic amines) is 1. The van der Waals surface area contributed by atoms with Crippen LogP contribution >= 0.6 is 0 Å². The lowest BCUT2D eigenvalue weighted by atomic mass is 9.90. The van der Waals surface area contributed by atoms with Crippen molar-refractivity contribution < 1.29 is 19.1 Å². The average Bonchev–Trinajstić information content (AvgIpc) is 2.38. The number of aliphatic carboxylic acids is 1. The standard InChI is InChI=1S/C14H16FNO3/c1-9-10(14(18)19)6-4-8-16(9)13(17)11-5-2-3-7-12(11)15/h2-3,5,7,9-10H,4,6,8H2,1H3,(H,18,19)/t9-,10-/m1/s1. The van der Waals surface area contributed by atoms with Crippen LogP contribution in [0.3, 0.4) is 0 Å². The highest BCUT2D eigenvalue weighted by Crippen LogP contribution is 2.25. The number of halogens is 1. The van der Waals surface area contributed by atoms with E-state index in [1.54, 1.807) is 13.0 Å². The van der Waals surface area contributed by atoms with Gasteiger partial charge in [-0.2, -0.15) is 0 Å². The van der Waals surface area contributed by atoms with Gasteiger partial charge in [-0.25, -0.2) is 4.39 Å². The molecular formula is C14H16FNO3. The van der Waals surface area contributed by atoms with E-state index in [1.807, 2.05) is 0 Å². The molecule has 2 atom stereocenters. The minimum atomic E-state index is -0.904. The van der Waals surface area contributed by atoms with Gasteiger partial charge in [0, 0.05) is 12.6 Å². The summed E-state index contributed by atoms with van der Waals surface area (Å²) in [5, 5.41) is 9.12. The van der Waals surface area contributed by atoms with Crippen molar-refractivity contribution in [1.29, 1.82) is 0 Å². The molecule has 1 aromatic carbocycles. The molecule has 0 aliphatic carbocycles. The van der Waals surface area contributed by atoms with Crippen LogP contribution in [-0.2, 0) is 4.79 Å². The van der Waals surface area contributed by atoms with Crippen LogP contribution in [0.4, 0.5) is 4.39 Å². The Balaban J connectivity index is 2.24. The molecule has 1 fully saturated rings. The van der Waals surface area contributed by atoms with Gasteiger partial charge in [-0.1, -0.05) is 12.1 Å². The third-order valence-corrected chi connectivity index (χ3v) is 3.67. The molecule has 1 heterocycles. The Morgan fingerprint density at radius 1 is 1.37 bits per heavy atom. The molecule has 1 aliphatic heterocycles. The summed E-state index contributed by atoms with van der Waals surface area (Å²) in [6.07, 6.45) is 1.18. The highest BCUT2D eigenvalue weighted by Gasteiger charge is 2.36. The van der Waals surface area contributed by atoms with Crippen LogP contribution in [0.25, 0.3) is 0 Å². The quantitative estimate of drug-likeness (QED) is 0.891. The molecule has 0 aromatic heterocycles. The summed E-state index contributed by atoms with van der Waals surface area (Å²) >= 11 is 0. The summed E-state index contributed by atoms with van der Waals surface area (Å²) < 4.78 is 13.6. The fraction of sp³-hybridized carbons (Fsp3) is 0.429. The van der Waals surface area contributed by atoms with Crippen molar-refractivity contribution in [3.05, 3.63) is 35.6 Å². The van der Waals surface area contributed by atoms with Gasteiger partial charge in [0.05, 0.1) is 11.5 Å². The molecule has 0 radical (unpaired) electrons. The van der Waals surface area contributed by atoms with Gasteiger partial charge in [0.25, 0.3) is 5.91 Å². The Morgan fingerprint density at radius 3 is 2.68 bits per heavy atom. The van der Waals surface area contributed by atoms with Gasteiger partial charge in [-0.15, -0.1) is 0 Å². The van der Waals surface area contributed by atoms with Crippen LogP contribution in [0.15, 0.2) is 24.3 Å². The second-order valence-electron chi connectivity index (χ2n) is 4.81. The van der Waals surface area contributed by atoms with Crippen molar-refractivity contribution in [2.75, 3.05) is 6.54 Å². The molecule has 0 unspecified atom stereocenters. The first-order valence-corrected chi connectivity index (χ1v) is 6.30. The Labute approximate surface area is 110 Å². The fourth-order valence-electron chi connectivity index (χ4n) is 2.55. The maximum absolute atomic E-state index is 13.6. The summed E-state index contributed by atoms with van der Waals surface area (Å²) in [7, 11) is 0. The number of hydrogen-bond acceptors (Lipinski definition) is 2. The molecule has 1 N–H and O–H groups in total. The van der Waals surface area contributed by atoms with Crippen LogP contribution in [0.2, 0.25) is 0 Å². The molecule has 102 valence electrons. The summed E-state index contributed by atoms with van der Waals surface area (Å²) in [6, 6.07) is 5.36. The molecule has 1 amide bonds. The molecule has 2 rings (SSSR count). The third-order valence-electron chi connectivity index (χ3n) is 3.67. The Morgan fingerprint density at radius 2 is 2.05 bits per heavy atom. The van der Waals surface area contributed by atoms with Crippen LogP contribution in [0.5, 0.6) is 0 Å². The number of benzene rings is 1. The average molecular weight is 265 g/mol. The maximum atomic E-state index is 13.6. The van der Waals surface area contributed by atoms with E-state index in [9.17, 15) is 14.0 Å². The van der Waals surface area contributed by atoms with Gasteiger partial charge in [0.1, 0.15) is 5.82 Å². The van der Waals surface area contributed by atoms with Crippen LogP contribution < -0.4 is 0 Å². The predicted molar refractivity (Wildman–Crippen MR) is 67.3 cm³/mol. The second kappa shape index (κ2) is 5.38. The first-order valence-electron chi connectivity index (χ1n) is 6.30. The summed E-state index contributed by atoms with van der Waals surface area (Å²) in [6.45, 7) is 2.18. The molecule has 1 aromatic rings. The molecule has 19 heavy (non-hydrogen) atoms. The normalized spacial score (nSPS) is 23.2. The van der Waals surface area contributed by atoms with E-state index in [-0.39, 0.29) is 5.56 Å². The zero-order valence-electron chi connectivity index (χ0n) is 10.7. The van der Waals surface area contributed by atoms with E-state index in [4.69, 9.17) is 5.11 Å². The first-order chi connectivity index (χ1) is 9.02. The molecule has 4 nitrogen and oxygen atoms in total. The van der Waals surface area contributed by atoms with E-state index in [0.29, 0.717) is 19.4 Å². The zero-order chi connectivity index (χ0) is 14.0. The molecule has 0 bridgehead atoms. The Hall–Kier alpha value is -1.91. The van der Waals surface area contributed by atoms with E-state index in [1.165, 1.54) is 23.1 Å². The lowest BCUT2D eigenvalue weighted by molar-refractivity contribution is -0.144. The van der Waals surface area contributed by atoms with Crippen molar-refractivity contribution in [1.82, 2.24) is 4.90 Å². The van der Waals surface area contributed by atoms with Crippen molar-refractivity contribution >= 4 is 11.9 Å². The van der Waals surface area contributed by atoms with Crippen LogP contribution in [0, 0.1) is 11.7 Å². The molecule has 0 saturated carbocycles. The van der Waals surface area contributed by atoms with Gasteiger partial charge in [0.2, 0.25) is 0 Å². The smallest absolute Gasteiger partial charge is 0.308 e. The Bertz CT molecular complexity index is 503. The summed E-state index contributed by atoms with van der Waals surface area (Å²) in [4.78, 5) is 24.9. The van der Waals surface area contributed by atoms with E-state index < -0.39 is 29.7 Å². The highest BCUT2D eigenvalue weighted by molar-refractivity contribution is 5.95. The molecule has 0 spiro atoms. The molecule has 5 heteroatoms. The molecule has 1 aliphatic rings. The minimum absolute atomic E-state index is 0.000360. The van der Waals surface area contributed by atoms with Gasteiger partial charge in [-0.05, 0) is 31.9 Å². The predicted octanol–water partition coefficient (Wildman–Crippen LogP) is 2.15. The van der Waals surface area contributed by atoms with Crippen molar-refractivity contribution in [2.24, 2.45) is 5.92 Å². The third kappa shape index (κ3) is 2.59. The number of piperidine rings is 1. The SMILES string of the molecule is C[C@@H]1[C@H](C(=O)O)CCCN1C(=O)c1ccccc1F. The van der Waals surface area contributed by atoms with Crippen LogP contribution in [-0.4, -0.2) is 34.5 Å². The topological polar surface area (TPSA) is 57.6 Å². The molecular weight excluding hydrogens is 249 g/mol. The van der Waals surface area contributed by atoms with Gasteiger partial charge in [0.15, 0.2) is 0 Å². The fourth-order valence-corrected chi connectivity index (χ4v) is 2.55. The minimum Gasteiger partial charge on any atom is -0.481 e. The Kier molecular flexibility index (Phi) is 3.83. The number of carboxylic acids is 1. The summed E-state index contributed by atoms with van der Waals surface area (Å²) in [5.41, 5.74) is 0.000360. The lowest BCUT2D eigenvalue weighted by Gasteiger charge is -2.37. The van der Waals surface area contributed by atoms with Crippen molar-refractivity contribution in [3.63, 3.8) is 0 Å². The monoisotopic (exact) mass is 265 g/mol. The number of hydrogen-bond donors (Lipinski definition) is 1. The molecule has 1 saturated heterocycles. The number of carboxylic acid groups (broad SMARTS) is 1. The first kappa shape index (κ1) is 13.5. The zero-order valence-corrected chi connectivity index (χ0v) is 10.7. The number of nitrogens with zero attached hydrogens (tertiary/aromatic N) is 1. The highest BCUT2D eigenvalue weighted by atomic mass is 19.1. The number of carbonyl (C=O) groups is 2. The van der Waals surface area contributed by atoms with E-state index >= 15 is 0 Å². The summed E-state index contributed by atoms with van der Waals surface area (Å²) in [5.74, 6) is -2.49. The van der Waals surface area contributed by atoms with E-state index in [2.05, 4.69) is 0 Å². The van der Waals surface area contributed by atoms with Crippen molar-refractivity contribution in [3.8, 4) is 0 Å². The number of rotatable bonds is 2. The van der Waals surface area contributed by atoms with Gasteiger partial charge < -0.3 is 10.0 Å². The largest absolute Gasteiger partial charge is 0.481 e. The van der Waals surface area contributed by atoms with Crippen LogP contribution in [0.1, 0.15) is 30.1 Å². The van der Waals surface area contributed by atoms with Gasteiger partial charge >= 0.3 is 5.97 Å². The lowest BCUT2D eigenvalue weighted by Crippen LogP contribution is -2.49. The van der Waals surface area contributed by atoms with Gasteiger partial charge in [-0.3, -0.25) is 9.59 Å².